The summed E-state index contributed by atoms with van der Waals surface area (Å²) in [5, 5.41) is 18.2. The molecular weight excluding hydrogens is 238 g/mol. The highest BCUT2D eigenvalue weighted by Crippen LogP contribution is 2.21. The summed E-state index contributed by atoms with van der Waals surface area (Å²) < 4.78 is 0. The van der Waals surface area contributed by atoms with Gasteiger partial charge in [-0.3, -0.25) is 4.90 Å². The maximum atomic E-state index is 9.24. The van der Waals surface area contributed by atoms with Gasteiger partial charge in [-0.1, -0.05) is 0 Å². The van der Waals surface area contributed by atoms with Gasteiger partial charge in [0.05, 0.1) is 17.7 Å². The third-order valence-corrected chi connectivity index (χ3v) is 3.60. The molecule has 1 fully saturated rings. The zero-order valence-corrected chi connectivity index (χ0v) is 11.3. The molecule has 0 radical (unpaired) electrons. The van der Waals surface area contributed by atoms with Crippen molar-refractivity contribution in [1.82, 2.24) is 9.88 Å². The van der Waals surface area contributed by atoms with Crippen LogP contribution in [-0.4, -0.2) is 42.1 Å². The van der Waals surface area contributed by atoms with Crippen molar-refractivity contribution in [3.8, 4) is 12.1 Å². The molecule has 98 valence electrons. The lowest BCUT2D eigenvalue weighted by Crippen LogP contribution is -2.49. The van der Waals surface area contributed by atoms with Gasteiger partial charge < -0.3 is 4.90 Å². The van der Waals surface area contributed by atoms with Crippen LogP contribution in [0, 0.1) is 29.6 Å². The van der Waals surface area contributed by atoms with Gasteiger partial charge >= 0.3 is 0 Å². The normalized spacial score (nSPS) is 17.6. The van der Waals surface area contributed by atoms with Gasteiger partial charge in [-0.25, -0.2) is 4.98 Å². The lowest BCUT2D eigenvalue weighted by molar-refractivity contribution is 0.231. The van der Waals surface area contributed by atoms with Crippen LogP contribution in [0.4, 0.5) is 5.82 Å². The van der Waals surface area contributed by atoms with E-state index in [1.54, 1.807) is 6.20 Å². The van der Waals surface area contributed by atoms with Crippen LogP contribution in [0.15, 0.2) is 12.3 Å². The van der Waals surface area contributed by atoms with Gasteiger partial charge in [-0.05, 0) is 25.5 Å². The molecule has 1 saturated heterocycles. The Balaban J connectivity index is 2.13. The second kappa shape index (κ2) is 5.69. The molecule has 19 heavy (non-hydrogen) atoms. The van der Waals surface area contributed by atoms with Gasteiger partial charge in [0.15, 0.2) is 0 Å². The lowest BCUT2D eigenvalue weighted by Gasteiger charge is -2.36. The minimum Gasteiger partial charge on any atom is -0.353 e. The highest BCUT2D eigenvalue weighted by atomic mass is 15.3. The van der Waals surface area contributed by atoms with Crippen molar-refractivity contribution in [2.24, 2.45) is 0 Å². The minimum absolute atomic E-state index is 0.0527. The average Bonchev–Trinajstić information content (AvgIpc) is 2.46. The molecule has 2 heterocycles. The quantitative estimate of drug-likeness (QED) is 0.796. The van der Waals surface area contributed by atoms with Crippen molar-refractivity contribution >= 4 is 5.82 Å². The van der Waals surface area contributed by atoms with Crippen LogP contribution in [0.2, 0.25) is 0 Å². The molecule has 5 nitrogen and oxygen atoms in total. The SMILES string of the molecule is Cc1ccnc(N2CCN(C(C)C#N)CC2)c1C#N. The van der Waals surface area contributed by atoms with E-state index in [9.17, 15) is 5.26 Å². The number of aromatic nitrogens is 1. The number of anilines is 1. The Bertz CT molecular complexity index is 532. The summed E-state index contributed by atoms with van der Waals surface area (Å²) in [6.45, 7) is 7.11. The Morgan fingerprint density at radius 2 is 1.95 bits per heavy atom. The topological polar surface area (TPSA) is 67.0 Å². The Kier molecular flexibility index (Phi) is 3.99. The fraction of sp³-hybridized carbons (Fsp3) is 0.500. The van der Waals surface area contributed by atoms with Crippen molar-refractivity contribution in [1.29, 1.82) is 10.5 Å². The van der Waals surface area contributed by atoms with Crippen molar-refractivity contribution in [3.05, 3.63) is 23.4 Å². The standard InChI is InChI=1S/C14H17N5/c1-11-3-4-17-14(13(11)10-16)19-7-5-18(6-8-19)12(2)9-15/h3-4,12H,5-8H2,1-2H3. The molecule has 1 unspecified atom stereocenters. The van der Waals surface area contributed by atoms with E-state index in [0.29, 0.717) is 5.56 Å². The zero-order chi connectivity index (χ0) is 13.8. The number of hydrogen-bond donors (Lipinski definition) is 0. The van der Waals surface area contributed by atoms with Gasteiger partial charge in [0.1, 0.15) is 11.9 Å². The molecule has 1 aromatic rings. The number of pyridine rings is 1. The van der Waals surface area contributed by atoms with Gasteiger partial charge in [0, 0.05) is 32.4 Å². The number of hydrogen-bond acceptors (Lipinski definition) is 5. The third-order valence-electron chi connectivity index (χ3n) is 3.60. The molecule has 2 rings (SSSR count). The third kappa shape index (κ3) is 2.67. The Hall–Kier alpha value is -2.11. The van der Waals surface area contributed by atoms with Gasteiger partial charge in [0.25, 0.3) is 0 Å². The van der Waals surface area contributed by atoms with Crippen LogP contribution in [0.5, 0.6) is 0 Å². The maximum Gasteiger partial charge on any atom is 0.146 e. The highest BCUT2D eigenvalue weighted by molar-refractivity contribution is 5.57. The molecule has 1 aliphatic rings. The van der Waals surface area contributed by atoms with Crippen LogP contribution >= 0.6 is 0 Å². The second-order valence-corrected chi connectivity index (χ2v) is 4.77. The minimum atomic E-state index is -0.0527. The van der Waals surface area contributed by atoms with E-state index in [-0.39, 0.29) is 6.04 Å². The summed E-state index contributed by atoms with van der Waals surface area (Å²) in [4.78, 5) is 8.63. The number of nitrogens with zero attached hydrogens (tertiary/aromatic N) is 5. The molecular formula is C14H17N5. The van der Waals surface area contributed by atoms with Crippen LogP contribution in [0.1, 0.15) is 18.1 Å². The molecule has 0 bridgehead atoms. The molecule has 0 N–H and O–H groups in total. The van der Waals surface area contributed by atoms with Crippen LogP contribution in [-0.2, 0) is 0 Å². The zero-order valence-electron chi connectivity index (χ0n) is 11.3. The highest BCUT2D eigenvalue weighted by Gasteiger charge is 2.23. The van der Waals surface area contributed by atoms with E-state index >= 15 is 0 Å². The Morgan fingerprint density at radius 3 is 2.53 bits per heavy atom. The predicted octanol–water partition coefficient (Wildman–Crippen LogP) is 1.30. The first kappa shape index (κ1) is 13.3. The van der Waals surface area contributed by atoms with E-state index in [1.807, 2.05) is 19.9 Å². The first-order valence-electron chi connectivity index (χ1n) is 6.41. The monoisotopic (exact) mass is 255 g/mol. The lowest BCUT2D eigenvalue weighted by atomic mass is 10.1. The molecule has 0 aromatic carbocycles. The molecule has 0 spiro atoms. The van der Waals surface area contributed by atoms with Gasteiger partial charge in [0.2, 0.25) is 0 Å². The number of piperazine rings is 1. The van der Waals surface area contributed by atoms with Crippen LogP contribution < -0.4 is 4.90 Å². The summed E-state index contributed by atoms with van der Waals surface area (Å²) in [5.74, 6) is 0.770. The first-order chi connectivity index (χ1) is 9.17. The Labute approximate surface area is 113 Å². The van der Waals surface area contributed by atoms with Crippen molar-refractivity contribution in [2.45, 2.75) is 19.9 Å². The molecule has 0 amide bonds. The van der Waals surface area contributed by atoms with E-state index in [1.165, 1.54) is 0 Å². The molecule has 0 aliphatic carbocycles. The summed E-state index contributed by atoms with van der Waals surface area (Å²) in [5.41, 5.74) is 1.62. The maximum absolute atomic E-state index is 9.24. The molecule has 1 atom stereocenters. The Morgan fingerprint density at radius 1 is 1.26 bits per heavy atom. The largest absolute Gasteiger partial charge is 0.353 e. The van der Waals surface area contributed by atoms with Gasteiger partial charge in [-0.15, -0.1) is 0 Å². The second-order valence-electron chi connectivity index (χ2n) is 4.77. The summed E-state index contributed by atoms with van der Waals surface area (Å²) in [7, 11) is 0. The van der Waals surface area contributed by atoms with Crippen LogP contribution in [0.25, 0.3) is 0 Å². The average molecular weight is 255 g/mol. The van der Waals surface area contributed by atoms with Crippen molar-refractivity contribution < 1.29 is 0 Å². The van der Waals surface area contributed by atoms with E-state index in [0.717, 1.165) is 37.6 Å². The molecule has 1 aromatic heterocycles. The molecule has 5 heteroatoms. The van der Waals surface area contributed by atoms with Gasteiger partial charge in [-0.2, -0.15) is 10.5 Å². The number of aryl methyl sites for hydroxylation is 1. The van der Waals surface area contributed by atoms with E-state index in [2.05, 4.69) is 26.9 Å². The fourth-order valence-corrected chi connectivity index (χ4v) is 2.32. The van der Waals surface area contributed by atoms with Crippen molar-refractivity contribution in [2.75, 3.05) is 31.1 Å². The first-order valence-corrected chi connectivity index (χ1v) is 6.41. The van der Waals surface area contributed by atoms with E-state index < -0.39 is 0 Å². The smallest absolute Gasteiger partial charge is 0.146 e. The number of rotatable bonds is 2. The molecule has 0 saturated carbocycles. The summed E-state index contributed by atoms with van der Waals surface area (Å²) >= 11 is 0. The fourth-order valence-electron chi connectivity index (χ4n) is 2.32. The summed E-state index contributed by atoms with van der Waals surface area (Å²) in [6.07, 6.45) is 1.75. The van der Waals surface area contributed by atoms with Crippen LogP contribution in [0.3, 0.4) is 0 Å². The summed E-state index contributed by atoms with van der Waals surface area (Å²) in [6, 6.07) is 6.30. The van der Waals surface area contributed by atoms with Crippen molar-refractivity contribution in [3.63, 3.8) is 0 Å². The predicted molar refractivity (Wildman–Crippen MR) is 72.6 cm³/mol. The molecule has 1 aliphatic heterocycles. The van der Waals surface area contributed by atoms with E-state index in [4.69, 9.17) is 5.26 Å². The number of nitriles is 2.